The minimum absolute atomic E-state index is 0. The number of carbonyl (C=O) groups is 12. The Morgan fingerprint density at radius 2 is 0.444 bits per heavy atom. The number of nitrogens with zero attached hydrogens (tertiary/aromatic N) is 6. The van der Waals surface area contributed by atoms with Crippen LogP contribution < -0.4 is 0 Å². The molecular weight excluding hydrogens is 1060 g/mol. The van der Waals surface area contributed by atoms with Crippen LogP contribution in [0.4, 0.5) is 0 Å². The second-order valence-electron chi connectivity index (χ2n) is 7.92. The van der Waals surface area contributed by atoms with E-state index in [4.69, 9.17) is 0 Å². The molecule has 18 nitrogen and oxygen atoms in total. The fourth-order valence-electron chi connectivity index (χ4n) is 3.89. The molecule has 6 aliphatic heterocycles. The number of carbonyl (C=O) groups excluding carboxylic acids is 12. The molecule has 3 spiro atoms. The molecule has 6 rings (SSSR count). The largest absolute Gasteiger partial charge is 0.592 e. The summed E-state index contributed by atoms with van der Waals surface area (Å²) in [7, 11) is 3.65. The quantitative estimate of drug-likeness (QED) is 0.131. The molecule has 6 aliphatic rings. The van der Waals surface area contributed by atoms with Crippen molar-refractivity contribution in [1.29, 1.82) is 0 Å². The molecule has 0 unspecified atom stereocenters. The van der Waals surface area contributed by atoms with Gasteiger partial charge in [-0.2, -0.15) is 0 Å². The zero-order valence-corrected chi connectivity index (χ0v) is 41.6. The van der Waals surface area contributed by atoms with Gasteiger partial charge in [-0.05, 0) is 0 Å². The first kappa shape index (κ1) is 58.7. The Labute approximate surface area is 407 Å². The summed E-state index contributed by atoms with van der Waals surface area (Å²) >= 11 is 0. The van der Waals surface area contributed by atoms with Crippen LogP contribution in [-0.4, -0.2) is 107 Å². The minimum atomic E-state index is -2.05. The van der Waals surface area contributed by atoms with Crippen molar-refractivity contribution in [3.05, 3.63) is 38.2 Å². The summed E-state index contributed by atoms with van der Waals surface area (Å²) in [6.45, 7) is 0. The molecule has 6 saturated heterocycles. The van der Waals surface area contributed by atoms with Gasteiger partial charge < -0.3 is 67.0 Å². The standard InChI is InChI=1S/3C6H4N2O4.3CH3.6Y/c3*1-8-4(11)6(5(8)12)2(9)7-3(6)10;;;;;;;;;/h3*1H3,(H,7,9,10);3*1H3;;;;;;/q;;;3*-1;;;;;;/p-3. The molecule has 0 aromatic rings. The maximum atomic E-state index is 11.0. The third kappa shape index (κ3) is 7.17. The van der Waals surface area contributed by atoms with Crippen molar-refractivity contribution in [2.75, 3.05) is 21.1 Å². The summed E-state index contributed by atoms with van der Waals surface area (Å²) in [6.07, 6.45) is 0. The predicted molar refractivity (Wildman–Crippen MR) is 120 cm³/mol. The fraction of sp³-hybridized carbons (Fsp3) is 0.286. The molecule has 6 radical (unpaired) electrons. The Morgan fingerprint density at radius 3 is 0.511 bits per heavy atom. The second kappa shape index (κ2) is 19.7. The van der Waals surface area contributed by atoms with E-state index in [0.29, 0.717) is 0 Å². The van der Waals surface area contributed by atoms with Crippen LogP contribution >= 0.6 is 0 Å². The Kier molecular flexibility index (Phi) is 25.7. The number of hydrogen-bond acceptors (Lipinski definition) is 12. The van der Waals surface area contributed by atoms with E-state index in [0.717, 1.165) is 14.7 Å². The van der Waals surface area contributed by atoms with E-state index in [2.05, 4.69) is 16.0 Å². The van der Waals surface area contributed by atoms with Crippen molar-refractivity contribution < 1.29 is 254 Å². The van der Waals surface area contributed by atoms with Crippen molar-refractivity contribution in [2.45, 2.75) is 0 Å². The van der Waals surface area contributed by atoms with Crippen LogP contribution in [0.25, 0.3) is 16.0 Å². The number of hydrogen-bond donors (Lipinski definition) is 0. The van der Waals surface area contributed by atoms with Gasteiger partial charge in [0.05, 0.1) is 35.4 Å². The van der Waals surface area contributed by atoms with E-state index < -0.39 is 87.1 Å². The molecule has 0 aromatic carbocycles. The molecule has 228 valence electrons. The van der Waals surface area contributed by atoms with E-state index in [9.17, 15) is 57.5 Å². The van der Waals surface area contributed by atoms with Gasteiger partial charge in [-0.3, -0.25) is 43.5 Å². The Bertz CT molecular complexity index is 1130. The molecule has 24 heteroatoms. The Balaban J connectivity index is -0.000000115. The first-order valence-corrected chi connectivity index (χ1v) is 9.47. The number of β-lactam (4-membered cyclic amide) rings is 12. The topological polar surface area (TPSA) is 257 Å². The average molecular weight is 1080 g/mol. The van der Waals surface area contributed by atoms with Crippen molar-refractivity contribution in [2.24, 2.45) is 16.2 Å². The van der Waals surface area contributed by atoms with Crippen molar-refractivity contribution in [3.8, 4) is 0 Å². The van der Waals surface area contributed by atoms with Gasteiger partial charge >= 0.3 is 0 Å². The summed E-state index contributed by atoms with van der Waals surface area (Å²) in [5.41, 5.74) is -6.14. The van der Waals surface area contributed by atoms with Gasteiger partial charge in [-0.25, -0.2) is 0 Å². The fourth-order valence-corrected chi connectivity index (χ4v) is 3.89. The Hall–Kier alpha value is 1.46. The first-order chi connectivity index (χ1) is 16.6. The zero-order chi connectivity index (χ0) is 27.3. The molecule has 6 fully saturated rings. The molecule has 0 aliphatic carbocycles. The minimum Gasteiger partial charge on any atom is -0.592 e. The molecule has 0 aromatic heterocycles. The van der Waals surface area contributed by atoms with Crippen LogP contribution in [0.1, 0.15) is 0 Å². The SMILES string of the molecule is CN1C(=O)C2(C(=O)[N-]C2=O)C1=O.CN1C(=O)C2(C(=O)[N-]C2=O)C1=O.CN1C(=O)C2(C(=O)[N-]C2=O)C1=O.[CH3-].[CH3-].[CH3-].[Y].[Y].[Y].[Y].[Y].[Y]. The van der Waals surface area contributed by atoms with E-state index in [1.165, 1.54) is 21.1 Å². The van der Waals surface area contributed by atoms with E-state index in [1.807, 2.05) is 0 Å². The third-order valence-corrected chi connectivity index (χ3v) is 6.29. The van der Waals surface area contributed by atoms with Crippen molar-refractivity contribution in [1.82, 2.24) is 14.7 Å². The van der Waals surface area contributed by atoms with E-state index in [1.54, 1.807) is 0 Å². The molecule has 0 N–H and O–H groups in total. The van der Waals surface area contributed by atoms with Crippen molar-refractivity contribution >= 4 is 70.9 Å². The zero-order valence-electron chi connectivity index (χ0n) is 24.5. The van der Waals surface area contributed by atoms with Gasteiger partial charge in [0.1, 0.15) is 0 Å². The smallest absolute Gasteiger partial charge is 0.256 e. The van der Waals surface area contributed by atoms with Crippen LogP contribution in [0.5, 0.6) is 0 Å². The second-order valence-corrected chi connectivity index (χ2v) is 7.92. The molecule has 12 amide bonds. The Morgan fingerprint density at radius 1 is 0.333 bits per heavy atom. The normalized spacial score (nSPS) is 20.2. The third-order valence-electron chi connectivity index (χ3n) is 6.29. The number of amides is 12. The number of imide groups is 6. The van der Waals surface area contributed by atoms with Gasteiger partial charge in [-0.15, -0.1) is 0 Å². The van der Waals surface area contributed by atoms with Crippen LogP contribution in [0.2, 0.25) is 0 Å². The van der Waals surface area contributed by atoms with Gasteiger partial charge in [0, 0.05) is 217 Å². The van der Waals surface area contributed by atoms with Crippen LogP contribution in [0.15, 0.2) is 0 Å². The van der Waals surface area contributed by atoms with Gasteiger partial charge in [-0.1, -0.05) is 0 Å². The summed E-state index contributed by atoms with van der Waals surface area (Å²) < 4.78 is 0. The molecule has 0 saturated carbocycles. The summed E-state index contributed by atoms with van der Waals surface area (Å²) in [4.78, 5) is 133. The maximum Gasteiger partial charge on any atom is 0.256 e. The maximum absolute atomic E-state index is 11.0. The molecule has 0 atom stereocenters. The number of likely N-dealkylation sites (tertiary alicyclic amines) is 3. The monoisotopic (exact) mass is 1080 g/mol. The summed E-state index contributed by atoms with van der Waals surface area (Å²) in [6, 6.07) is 0. The van der Waals surface area contributed by atoms with Crippen LogP contribution in [0, 0.1) is 38.5 Å². The van der Waals surface area contributed by atoms with E-state index in [-0.39, 0.29) is 219 Å². The molecule has 6 heterocycles. The van der Waals surface area contributed by atoms with Crippen LogP contribution in [0.3, 0.4) is 0 Å². The van der Waals surface area contributed by atoms with Gasteiger partial charge in [0.2, 0.25) is 16.2 Å². The van der Waals surface area contributed by atoms with Crippen LogP contribution in [-0.2, 0) is 254 Å². The molecule has 45 heavy (non-hydrogen) atoms. The summed E-state index contributed by atoms with van der Waals surface area (Å²) in [5.74, 6) is -10.2. The van der Waals surface area contributed by atoms with Gasteiger partial charge in [0.25, 0.3) is 35.4 Å². The predicted octanol–water partition coefficient (Wildman–Crippen LogP) is -3.43. The first-order valence-electron chi connectivity index (χ1n) is 9.47. The van der Waals surface area contributed by atoms with Crippen molar-refractivity contribution in [3.63, 3.8) is 0 Å². The number of rotatable bonds is 0. The van der Waals surface area contributed by atoms with Gasteiger partial charge in [0.15, 0.2) is 0 Å². The summed E-state index contributed by atoms with van der Waals surface area (Å²) in [5, 5.41) is 8.66. The molecular formula is C21H18N6O12Y6-6. The van der Waals surface area contributed by atoms with E-state index >= 15 is 0 Å². The average Bonchev–Trinajstić information content (AvgIpc) is 2.84. The molecule has 0 bridgehead atoms.